The van der Waals surface area contributed by atoms with Gasteiger partial charge in [-0.15, -0.1) is 0 Å². The molecule has 0 aliphatic heterocycles. The Labute approximate surface area is 269 Å². The summed E-state index contributed by atoms with van der Waals surface area (Å²) >= 11 is 11.8. The number of benzene rings is 2. The summed E-state index contributed by atoms with van der Waals surface area (Å²) in [7, 11) is 1.49. The molecular weight excluding hydrogens is 611 g/mol. The lowest BCUT2D eigenvalue weighted by Gasteiger charge is -2.36. The number of nitrogens with one attached hydrogen (secondary N) is 2. The van der Waals surface area contributed by atoms with E-state index in [0.29, 0.717) is 27.8 Å². The van der Waals surface area contributed by atoms with E-state index in [1.165, 1.54) is 14.0 Å². The number of halogens is 2. The van der Waals surface area contributed by atoms with Crippen molar-refractivity contribution in [2.75, 3.05) is 37.6 Å². The fourth-order valence-corrected chi connectivity index (χ4v) is 4.86. The van der Waals surface area contributed by atoms with Crippen LogP contribution in [-0.4, -0.2) is 56.0 Å². The molecule has 0 spiro atoms. The van der Waals surface area contributed by atoms with Gasteiger partial charge in [-0.3, -0.25) is 14.4 Å². The highest BCUT2D eigenvalue weighted by Crippen LogP contribution is 2.42. The van der Waals surface area contributed by atoms with Crippen LogP contribution >= 0.6 is 23.2 Å². The first kappa shape index (κ1) is 38.7. The molecule has 2 aromatic rings. The summed E-state index contributed by atoms with van der Waals surface area (Å²) in [4.78, 5) is 48.1. The molecule has 0 aliphatic carbocycles. The molecule has 3 atom stereocenters. The van der Waals surface area contributed by atoms with Gasteiger partial charge in [0.25, 0.3) is 0 Å². The Balaban J connectivity index is 0.000000454. The minimum atomic E-state index is -1.12. The number of amides is 2. The van der Waals surface area contributed by atoms with Crippen molar-refractivity contribution in [2.45, 2.75) is 60.8 Å². The quantitative estimate of drug-likeness (QED) is 0.140. The maximum absolute atomic E-state index is 12.6. The van der Waals surface area contributed by atoms with E-state index in [1.807, 2.05) is 38.1 Å². The van der Waals surface area contributed by atoms with Gasteiger partial charge in [-0.05, 0) is 77.3 Å². The van der Waals surface area contributed by atoms with Crippen LogP contribution in [0.3, 0.4) is 0 Å². The van der Waals surface area contributed by atoms with E-state index in [-0.39, 0.29) is 38.7 Å². The van der Waals surface area contributed by atoms with Crippen LogP contribution in [0.2, 0.25) is 10.0 Å². The van der Waals surface area contributed by atoms with Crippen LogP contribution in [0, 0.1) is 23.7 Å². The fraction of sp³-hybridized carbons (Fsp3) is 0.500. The average Bonchev–Trinajstić information content (AvgIpc) is 2.96. The van der Waals surface area contributed by atoms with Gasteiger partial charge in [-0.1, -0.05) is 54.7 Å². The number of hydrogen-bond acceptors (Lipinski definition) is 7. The summed E-state index contributed by atoms with van der Waals surface area (Å²) in [6, 6.07) is 12.0. The Morgan fingerprint density at radius 1 is 0.909 bits per heavy atom. The van der Waals surface area contributed by atoms with E-state index in [9.17, 15) is 24.3 Å². The minimum Gasteiger partial charge on any atom is -0.481 e. The van der Waals surface area contributed by atoms with Gasteiger partial charge in [0, 0.05) is 17.8 Å². The number of aryl methyl sites for hydroxylation is 1. The molecule has 2 aromatic carbocycles. The van der Waals surface area contributed by atoms with Gasteiger partial charge >= 0.3 is 23.9 Å². The molecule has 44 heavy (non-hydrogen) atoms. The first-order chi connectivity index (χ1) is 20.6. The monoisotopic (exact) mass is 654 g/mol. The van der Waals surface area contributed by atoms with Gasteiger partial charge < -0.3 is 30.0 Å². The van der Waals surface area contributed by atoms with Crippen LogP contribution in [0.15, 0.2) is 42.5 Å². The molecule has 0 aromatic heterocycles. The standard InChI is InChI=1S/C18H32O7.C14H12Cl2N2O/c1-7-17(4,15(21)24-8-2)12-18(5,11-13(3)14(19)20)16(22)25-10-9-23-6;1-9-2-5-11(6-3-9)17-14(19)18-13-7-4-10(15)8-12(13)16/h13H,7-12H2,1-6H3,(H,19,20);2-8H,1H3,(H2,17,18,19). The molecule has 0 bridgehead atoms. The number of carbonyl (C=O) groups is 4. The molecule has 0 heterocycles. The highest BCUT2D eigenvalue weighted by Gasteiger charge is 2.46. The summed E-state index contributed by atoms with van der Waals surface area (Å²) in [5.41, 5.74) is 0.336. The number of urea groups is 1. The third kappa shape index (κ3) is 12.7. The predicted molar refractivity (Wildman–Crippen MR) is 172 cm³/mol. The number of carbonyl (C=O) groups excluding carboxylic acids is 3. The van der Waals surface area contributed by atoms with Crippen LogP contribution in [0.25, 0.3) is 0 Å². The van der Waals surface area contributed by atoms with Crippen molar-refractivity contribution in [3.05, 3.63) is 58.1 Å². The Morgan fingerprint density at radius 3 is 2.05 bits per heavy atom. The number of carboxylic acid groups (broad SMARTS) is 1. The van der Waals surface area contributed by atoms with Crippen molar-refractivity contribution in [1.82, 2.24) is 0 Å². The largest absolute Gasteiger partial charge is 0.481 e. The number of aliphatic carboxylic acids is 1. The second-order valence-corrected chi connectivity index (χ2v) is 11.9. The van der Waals surface area contributed by atoms with E-state index in [2.05, 4.69) is 10.6 Å². The average molecular weight is 656 g/mol. The summed E-state index contributed by atoms with van der Waals surface area (Å²) < 4.78 is 15.3. The van der Waals surface area contributed by atoms with E-state index in [4.69, 9.17) is 37.4 Å². The molecule has 0 radical (unpaired) electrons. The minimum absolute atomic E-state index is 0.0726. The van der Waals surface area contributed by atoms with Gasteiger partial charge in [-0.25, -0.2) is 4.79 Å². The van der Waals surface area contributed by atoms with Crippen molar-refractivity contribution in [3.63, 3.8) is 0 Å². The molecule has 0 aliphatic rings. The van der Waals surface area contributed by atoms with E-state index >= 15 is 0 Å². The molecule has 0 saturated heterocycles. The zero-order chi connectivity index (χ0) is 33.5. The first-order valence-electron chi connectivity index (χ1n) is 14.3. The zero-order valence-electron chi connectivity index (χ0n) is 26.4. The Morgan fingerprint density at radius 2 is 1.52 bits per heavy atom. The third-order valence-corrected chi connectivity index (χ3v) is 7.56. The number of rotatable bonds is 14. The number of hydrogen-bond donors (Lipinski definition) is 3. The lowest BCUT2D eigenvalue weighted by molar-refractivity contribution is -0.166. The fourth-order valence-electron chi connectivity index (χ4n) is 4.40. The van der Waals surface area contributed by atoms with Crippen LogP contribution in [-0.2, 0) is 28.6 Å². The van der Waals surface area contributed by atoms with Crippen LogP contribution < -0.4 is 10.6 Å². The Bertz CT molecular complexity index is 1260. The molecule has 0 fully saturated rings. The summed E-state index contributed by atoms with van der Waals surface area (Å²) in [6.45, 7) is 11.0. The van der Waals surface area contributed by atoms with Gasteiger partial charge in [0.2, 0.25) is 0 Å². The first-order valence-corrected chi connectivity index (χ1v) is 15.0. The number of anilines is 2. The molecule has 0 saturated carbocycles. The highest BCUT2D eigenvalue weighted by atomic mass is 35.5. The smallest absolute Gasteiger partial charge is 0.323 e. The van der Waals surface area contributed by atoms with Crippen molar-refractivity contribution in [2.24, 2.45) is 16.7 Å². The SMILES string of the molecule is CCOC(=O)C(C)(CC)CC(C)(CC(C)C(=O)O)C(=O)OCCOC.Cc1ccc(NC(=O)Nc2ccc(Cl)cc2Cl)cc1. The lowest BCUT2D eigenvalue weighted by atomic mass is 9.68. The molecule has 3 unspecified atom stereocenters. The van der Waals surface area contributed by atoms with Crippen molar-refractivity contribution in [1.29, 1.82) is 0 Å². The van der Waals surface area contributed by atoms with Crippen molar-refractivity contribution < 1.29 is 38.5 Å². The summed E-state index contributed by atoms with van der Waals surface area (Å²) in [5, 5.41) is 15.5. The van der Waals surface area contributed by atoms with Crippen LogP contribution in [0.1, 0.15) is 59.4 Å². The maximum atomic E-state index is 12.6. The molecule has 244 valence electrons. The zero-order valence-corrected chi connectivity index (χ0v) is 27.9. The second kappa shape index (κ2) is 18.5. The van der Waals surface area contributed by atoms with Gasteiger partial charge in [0.05, 0.1) is 40.7 Å². The molecule has 3 N–H and O–H groups in total. The van der Waals surface area contributed by atoms with Crippen molar-refractivity contribution >= 4 is 58.5 Å². The van der Waals surface area contributed by atoms with E-state index in [0.717, 1.165) is 5.56 Å². The number of ether oxygens (including phenoxy) is 3. The summed E-state index contributed by atoms with van der Waals surface area (Å²) in [5.74, 6) is -2.66. The molecular formula is C32H44Cl2N2O8. The van der Waals surface area contributed by atoms with Gasteiger partial charge in [0.15, 0.2) is 0 Å². The molecule has 12 heteroatoms. The lowest BCUT2D eigenvalue weighted by Crippen LogP contribution is -2.42. The second-order valence-electron chi connectivity index (χ2n) is 11.0. The molecule has 2 rings (SSSR count). The van der Waals surface area contributed by atoms with Crippen LogP contribution in [0.5, 0.6) is 0 Å². The predicted octanol–water partition coefficient (Wildman–Crippen LogP) is 7.61. The van der Waals surface area contributed by atoms with Crippen molar-refractivity contribution in [3.8, 4) is 0 Å². The van der Waals surface area contributed by atoms with Crippen LogP contribution in [0.4, 0.5) is 16.2 Å². The van der Waals surface area contributed by atoms with Gasteiger partial charge in [-0.2, -0.15) is 0 Å². The Kier molecular flexibility index (Phi) is 16.2. The molecule has 2 amide bonds. The topological polar surface area (TPSA) is 140 Å². The summed E-state index contributed by atoms with van der Waals surface area (Å²) in [6.07, 6.45) is 0.691. The maximum Gasteiger partial charge on any atom is 0.323 e. The number of methoxy groups -OCH3 is 1. The van der Waals surface area contributed by atoms with E-state index in [1.54, 1.807) is 39.0 Å². The third-order valence-electron chi connectivity index (χ3n) is 7.01. The highest BCUT2D eigenvalue weighted by molar-refractivity contribution is 6.36. The normalized spacial score (nSPS) is 14.0. The number of esters is 2. The molecule has 10 nitrogen and oxygen atoms in total. The van der Waals surface area contributed by atoms with E-state index < -0.39 is 34.7 Å². The van der Waals surface area contributed by atoms with Gasteiger partial charge in [0.1, 0.15) is 6.61 Å². The Hall–Kier alpha value is -3.34. The number of carboxylic acids is 1.